The van der Waals surface area contributed by atoms with Crippen LogP contribution in [0.4, 0.5) is 10.2 Å². The van der Waals surface area contributed by atoms with E-state index in [1.165, 1.54) is 12.1 Å². The van der Waals surface area contributed by atoms with E-state index in [-0.39, 0.29) is 5.82 Å². The van der Waals surface area contributed by atoms with Gasteiger partial charge < -0.3 is 9.80 Å². The van der Waals surface area contributed by atoms with Crippen LogP contribution in [0.1, 0.15) is 6.42 Å². The van der Waals surface area contributed by atoms with Gasteiger partial charge in [-0.15, -0.1) is 0 Å². The van der Waals surface area contributed by atoms with Gasteiger partial charge in [-0.3, -0.25) is 0 Å². The normalized spacial score (nSPS) is 16.5. The number of nitrogens with zero attached hydrogens (tertiary/aromatic N) is 5. The predicted octanol–water partition coefficient (Wildman–Crippen LogP) is 2.68. The van der Waals surface area contributed by atoms with Gasteiger partial charge in [0.15, 0.2) is 5.65 Å². The average Bonchev–Trinajstić information content (AvgIpc) is 2.96. The highest BCUT2D eigenvalue weighted by atomic mass is 19.1. The van der Waals surface area contributed by atoms with Gasteiger partial charge in [-0.05, 0) is 44.3 Å². The maximum atomic E-state index is 13.2. The second-order valence-corrected chi connectivity index (χ2v) is 6.25. The molecule has 0 bridgehead atoms. The second kappa shape index (κ2) is 6.20. The van der Waals surface area contributed by atoms with Crippen molar-refractivity contribution in [3.05, 3.63) is 48.4 Å². The molecule has 0 unspecified atom stereocenters. The minimum Gasteiger partial charge on any atom is -0.355 e. The van der Waals surface area contributed by atoms with Crippen LogP contribution < -0.4 is 4.90 Å². The van der Waals surface area contributed by atoms with Gasteiger partial charge >= 0.3 is 0 Å². The Morgan fingerprint density at radius 2 is 1.83 bits per heavy atom. The van der Waals surface area contributed by atoms with Crippen molar-refractivity contribution in [1.29, 1.82) is 0 Å². The standard InChI is InChI=1S/C18H20FN5/c1-22-9-2-10-23(12-11-22)18-13-16(14-3-5-15(19)6-4-14)21-17-7-8-20-24(17)18/h3-8,13H,2,9-12H2,1H3. The molecule has 0 atom stereocenters. The number of hydrogen-bond acceptors (Lipinski definition) is 4. The number of halogens is 1. The predicted molar refractivity (Wildman–Crippen MR) is 92.7 cm³/mol. The Balaban J connectivity index is 1.79. The van der Waals surface area contributed by atoms with E-state index in [0.717, 1.165) is 55.3 Å². The topological polar surface area (TPSA) is 36.7 Å². The third-order valence-corrected chi connectivity index (χ3v) is 4.52. The number of likely N-dealkylation sites (N-methyl/N-ethyl adjacent to an activating group) is 1. The van der Waals surface area contributed by atoms with Gasteiger partial charge in [0.1, 0.15) is 11.6 Å². The first kappa shape index (κ1) is 15.1. The third-order valence-electron chi connectivity index (χ3n) is 4.52. The van der Waals surface area contributed by atoms with Crippen LogP contribution in [0.5, 0.6) is 0 Å². The fourth-order valence-corrected chi connectivity index (χ4v) is 3.17. The molecule has 3 aromatic rings. The van der Waals surface area contributed by atoms with Crippen molar-refractivity contribution in [1.82, 2.24) is 19.5 Å². The molecule has 124 valence electrons. The molecule has 6 heteroatoms. The van der Waals surface area contributed by atoms with E-state index in [1.807, 2.05) is 10.6 Å². The van der Waals surface area contributed by atoms with Crippen molar-refractivity contribution < 1.29 is 4.39 Å². The Morgan fingerprint density at radius 1 is 1.00 bits per heavy atom. The van der Waals surface area contributed by atoms with E-state index in [2.05, 4.69) is 33.0 Å². The van der Waals surface area contributed by atoms with Crippen molar-refractivity contribution >= 4 is 11.5 Å². The zero-order valence-electron chi connectivity index (χ0n) is 13.7. The van der Waals surface area contributed by atoms with E-state index in [9.17, 15) is 4.39 Å². The maximum Gasteiger partial charge on any atom is 0.157 e. The second-order valence-electron chi connectivity index (χ2n) is 6.25. The van der Waals surface area contributed by atoms with Gasteiger partial charge in [0.05, 0.1) is 11.9 Å². The number of benzene rings is 1. The van der Waals surface area contributed by atoms with Crippen LogP contribution >= 0.6 is 0 Å². The molecule has 24 heavy (non-hydrogen) atoms. The summed E-state index contributed by atoms with van der Waals surface area (Å²) in [5, 5.41) is 4.43. The highest BCUT2D eigenvalue weighted by Gasteiger charge is 2.17. The lowest BCUT2D eigenvalue weighted by Crippen LogP contribution is -2.30. The summed E-state index contributed by atoms with van der Waals surface area (Å²) in [6, 6.07) is 10.4. The van der Waals surface area contributed by atoms with Crippen LogP contribution in [-0.4, -0.2) is 52.7 Å². The summed E-state index contributed by atoms with van der Waals surface area (Å²) >= 11 is 0. The lowest BCUT2D eigenvalue weighted by atomic mass is 10.1. The van der Waals surface area contributed by atoms with Crippen LogP contribution in [0.15, 0.2) is 42.6 Å². The Labute approximate surface area is 140 Å². The molecule has 0 N–H and O–H groups in total. The monoisotopic (exact) mass is 325 g/mol. The van der Waals surface area contributed by atoms with Crippen molar-refractivity contribution in [2.75, 3.05) is 38.1 Å². The number of rotatable bonds is 2. The molecule has 2 aromatic heterocycles. The summed E-state index contributed by atoms with van der Waals surface area (Å²) in [4.78, 5) is 9.38. The quantitative estimate of drug-likeness (QED) is 0.726. The molecule has 1 aliphatic rings. The number of fused-ring (bicyclic) bond motifs is 1. The van der Waals surface area contributed by atoms with Crippen LogP contribution in [-0.2, 0) is 0 Å². The van der Waals surface area contributed by atoms with E-state index < -0.39 is 0 Å². The number of aromatic nitrogens is 3. The highest BCUT2D eigenvalue weighted by molar-refractivity contribution is 5.66. The molecule has 0 aliphatic carbocycles. The van der Waals surface area contributed by atoms with Crippen molar-refractivity contribution in [2.45, 2.75) is 6.42 Å². The lowest BCUT2D eigenvalue weighted by Gasteiger charge is -2.23. The van der Waals surface area contributed by atoms with Crippen molar-refractivity contribution in [3.8, 4) is 11.3 Å². The lowest BCUT2D eigenvalue weighted by molar-refractivity contribution is 0.360. The van der Waals surface area contributed by atoms with Crippen LogP contribution in [0.25, 0.3) is 16.9 Å². The van der Waals surface area contributed by atoms with Gasteiger partial charge in [-0.25, -0.2) is 9.37 Å². The van der Waals surface area contributed by atoms with Crippen LogP contribution in [0.2, 0.25) is 0 Å². The van der Waals surface area contributed by atoms with Gasteiger partial charge in [0, 0.05) is 37.3 Å². The zero-order chi connectivity index (χ0) is 16.5. The summed E-state index contributed by atoms with van der Waals surface area (Å²) in [5.74, 6) is 0.805. The highest BCUT2D eigenvalue weighted by Crippen LogP contribution is 2.25. The molecule has 1 aromatic carbocycles. The van der Waals surface area contributed by atoms with Crippen molar-refractivity contribution in [3.63, 3.8) is 0 Å². The smallest absolute Gasteiger partial charge is 0.157 e. The zero-order valence-corrected chi connectivity index (χ0v) is 13.7. The number of hydrogen-bond donors (Lipinski definition) is 0. The Hall–Kier alpha value is -2.47. The molecule has 4 rings (SSSR count). The van der Waals surface area contributed by atoms with Gasteiger partial charge in [-0.1, -0.05) is 0 Å². The summed E-state index contributed by atoms with van der Waals surface area (Å²) in [6.07, 6.45) is 2.89. The Kier molecular flexibility index (Phi) is 3.90. The van der Waals surface area contributed by atoms with Crippen LogP contribution in [0, 0.1) is 5.82 Å². The van der Waals surface area contributed by atoms with Crippen LogP contribution in [0.3, 0.4) is 0 Å². The molecule has 1 saturated heterocycles. The summed E-state index contributed by atoms with van der Waals surface area (Å²) in [5.41, 5.74) is 2.56. The first-order valence-electron chi connectivity index (χ1n) is 8.25. The third kappa shape index (κ3) is 2.85. The van der Waals surface area contributed by atoms with Gasteiger partial charge in [-0.2, -0.15) is 9.61 Å². The van der Waals surface area contributed by atoms with Gasteiger partial charge in [0.2, 0.25) is 0 Å². The van der Waals surface area contributed by atoms with E-state index >= 15 is 0 Å². The van der Waals surface area contributed by atoms with E-state index in [4.69, 9.17) is 0 Å². The SMILES string of the molecule is CN1CCCN(c2cc(-c3ccc(F)cc3)nc3ccnn23)CC1. The fourth-order valence-electron chi connectivity index (χ4n) is 3.17. The Bertz CT molecular complexity index is 842. The molecular weight excluding hydrogens is 305 g/mol. The van der Waals surface area contributed by atoms with Gasteiger partial charge in [0.25, 0.3) is 0 Å². The molecule has 5 nitrogen and oxygen atoms in total. The molecule has 0 spiro atoms. The molecule has 0 amide bonds. The number of anilines is 1. The summed E-state index contributed by atoms with van der Waals surface area (Å²) in [6.45, 7) is 4.08. The van der Waals surface area contributed by atoms with E-state index in [0.29, 0.717) is 0 Å². The largest absolute Gasteiger partial charge is 0.355 e. The average molecular weight is 325 g/mol. The molecule has 1 fully saturated rings. The first-order valence-corrected chi connectivity index (χ1v) is 8.25. The molecule has 1 aliphatic heterocycles. The molecular formula is C18H20FN5. The first-order chi connectivity index (χ1) is 11.7. The fraction of sp³-hybridized carbons (Fsp3) is 0.333. The molecule has 0 radical (unpaired) electrons. The molecule has 0 saturated carbocycles. The summed E-state index contributed by atoms with van der Waals surface area (Å²) < 4.78 is 15.1. The summed E-state index contributed by atoms with van der Waals surface area (Å²) in [7, 11) is 2.16. The minimum atomic E-state index is -0.236. The molecule has 3 heterocycles. The van der Waals surface area contributed by atoms with E-state index in [1.54, 1.807) is 18.3 Å². The maximum absolute atomic E-state index is 13.2. The van der Waals surface area contributed by atoms with Crippen molar-refractivity contribution in [2.24, 2.45) is 0 Å². The minimum absolute atomic E-state index is 0.236. The Morgan fingerprint density at radius 3 is 2.67 bits per heavy atom.